The molecule has 29 heavy (non-hydrogen) atoms. The Bertz CT molecular complexity index is 827. The molecule has 0 heterocycles. The van der Waals surface area contributed by atoms with Crippen molar-refractivity contribution >= 4 is 17.3 Å². The second kappa shape index (κ2) is 10.9. The van der Waals surface area contributed by atoms with Gasteiger partial charge in [-0.05, 0) is 31.9 Å². The highest BCUT2D eigenvalue weighted by Gasteiger charge is 2.24. The predicted molar refractivity (Wildman–Crippen MR) is 112 cm³/mol. The standard InChI is InChI=1S/C21H27N3O5/c1-4-29-20-14-17(18(24(26)27)15-19(20)28-3)21(25)22-12-8-9-13-23(2)16-10-6-5-7-11-16/h5-7,10-11,14-15H,4,8-9,12-13H2,1-3H3,(H,22,25). The van der Waals surface area contributed by atoms with Gasteiger partial charge in [0, 0.05) is 31.9 Å². The number of methoxy groups -OCH3 is 1. The first-order chi connectivity index (χ1) is 14.0. The molecule has 0 radical (unpaired) electrons. The van der Waals surface area contributed by atoms with Gasteiger partial charge in [-0.3, -0.25) is 14.9 Å². The van der Waals surface area contributed by atoms with Crippen LogP contribution in [0.25, 0.3) is 0 Å². The molecule has 0 aliphatic rings. The molecule has 0 unspecified atom stereocenters. The Hall–Kier alpha value is -3.29. The van der Waals surface area contributed by atoms with Gasteiger partial charge in [-0.1, -0.05) is 18.2 Å². The SMILES string of the molecule is CCOc1cc(C(=O)NCCCCN(C)c2ccccc2)c([N+](=O)[O-])cc1OC. The Morgan fingerprint density at radius 2 is 1.90 bits per heavy atom. The van der Waals surface area contributed by atoms with Gasteiger partial charge in [0.05, 0.1) is 24.7 Å². The van der Waals surface area contributed by atoms with Crippen molar-refractivity contribution in [2.45, 2.75) is 19.8 Å². The summed E-state index contributed by atoms with van der Waals surface area (Å²) in [5.41, 5.74) is 0.779. The zero-order chi connectivity index (χ0) is 21.2. The summed E-state index contributed by atoms with van der Waals surface area (Å²) < 4.78 is 10.6. The normalized spacial score (nSPS) is 10.3. The number of hydrogen-bond donors (Lipinski definition) is 1. The number of nitro groups is 1. The fraction of sp³-hybridized carbons (Fsp3) is 0.381. The molecule has 0 bridgehead atoms. The molecule has 1 N–H and O–H groups in total. The van der Waals surface area contributed by atoms with Crippen LogP contribution in [0.1, 0.15) is 30.1 Å². The number of carbonyl (C=O) groups is 1. The molecule has 0 atom stereocenters. The summed E-state index contributed by atoms with van der Waals surface area (Å²) >= 11 is 0. The van der Waals surface area contributed by atoms with Crippen molar-refractivity contribution in [1.82, 2.24) is 5.32 Å². The number of para-hydroxylation sites is 1. The Balaban J connectivity index is 1.94. The van der Waals surface area contributed by atoms with Gasteiger partial charge >= 0.3 is 0 Å². The van der Waals surface area contributed by atoms with E-state index in [1.807, 2.05) is 37.4 Å². The molecule has 1 amide bonds. The Morgan fingerprint density at radius 1 is 1.17 bits per heavy atom. The second-order valence-corrected chi connectivity index (χ2v) is 6.43. The molecule has 2 rings (SSSR count). The second-order valence-electron chi connectivity index (χ2n) is 6.43. The summed E-state index contributed by atoms with van der Waals surface area (Å²) in [4.78, 5) is 25.4. The molecular weight excluding hydrogens is 374 g/mol. The molecule has 0 saturated carbocycles. The molecule has 2 aromatic carbocycles. The lowest BCUT2D eigenvalue weighted by atomic mass is 10.1. The molecular formula is C21H27N3O5. The van der Waals surface area contributed by atoms with Crippen molar-refractivity contribution in [3.05, 3.63) is 58.1 Å². The third kappa shape index (κ3) is 6.10. The summed E-state index contributed by atoms with van der Waals surface area (Å²) in [7, 11) is 3.41. The van der Waals surface area contributed by atoms with Crippen molar-refractivity contribution in [3.63, 3.8) is 0 Å². The summed E-state index contributed by atoms with van der Waals surface area (Å²) in [5, 5.41) is 14.1. The van der Waals surface area contributed by atoms with E-state index in [1.165, 1.54) is 19.2 Å². The van der Waals surface area contributed by atoms with Gasteiger partial charge in [0.25, 0.3) is 11.6 Å². The predicted octanol–water partition coefficient (Wildman–Crippen LogP) is 3.65. The minimum atomic E-state index is -0.595. The smallest absolute Gasteiger partial charge is 0.286 e. The van der Waals surface area contributed by atoms with Gasteiger partial charge in [0.15, 0.2) is 11.5 Å². The first-order valence-electron chi connectivity index (χ1n) is 9.51. The number of ether oxygens (including phenoxy) is 2. The largest absolute Gasteiger partial charge is 0.493 e. The molecule has 0 aromatic heterocycles. The van der Waals surface area contributed by atoms with E-state index < -0.39 is 10.8 Å². The fourth-order valence-corrected chi connectivity index (χ4v) is 2.89. The van der Waals surface area contributed by atoms with E-state index in [9.17, 15) is 14.9 Å². The molecule has 0 spiro atoms. The van der Waals surface area contributed by atoms with Gasteiger partial charge in [-0.15, -0.1) is 0 Å². The van der Waals surface area contributed by atoms with Crippen molar-refractivity contribution in [2.75, 3.05) is 38.8 Å². The van der Waals surface area contributed by atoms with Crippen LogP contribution < -0.4 is 19.7 Å². The number of nitrogens with one attached hydrogen (secondary N) is 1. The number of anilines is 1. The van der Waals surface area contributed by atoms with Crippen LogP contribution in [0.2, 0.25) is 0 Å². The topological polar surface area (TPSA) is 93.9 Å². The zero-order valence-electron chi connectivity index (χ0n) is 17.0. The lowest BCUT2D eigenvalue weighted by molar-refractivity contribution is -0.385. The van der Waals surface area contributed by atoms with Gasteiger partial charge in [0.2, 0.25) is 0 Å². The molecule has 0 fully saturated rings. The van der Waals surface area contributed by atoms with Crippen LogP contribution in [0.4, 0.5) is 11.4 Å². The summed E-state index contributed by atoms with van der Waals surface area (Å²) in [5.74, 6) is 0.0194. The lowest BCUT2D eigenvalue weighted by Crippen LogP contribution is -2.26. The molecule has 0 saturated heterocycles. The Morgan fingerprint density at radius 3 is 2.52 bits per heavy atom. The number of unbranched alkanes of at least 4 members (excludes halogenated alkanes) is 1. The third-order valence-corrected chi connectivity index (χ3v) is 4.43. The van der Waals surface area contributed by atoms with Crippen LogP contribution in [-0.4, -0.2) is 44.7 Å². The maximum absolute atomic E-state index is 12.5. The Kier molecular flexibility index (Phi) is 8.27. The average molecular weight is 401 g/mol. The highest BCUT2D eigenvalue weighted by molar-refractivity contribution is 5.99. The number of amides is 1. The van der Waals surface area contributed by atoms with Crippen molar-refractivity contribution in [2.24, 2.45) is 0 Å². The van der Waals surface area contributed by atoms with E-state index in [1.54, 1.807) is 6.92 Å². The first-order valence-corrected chi connectivity index (χ1v) is 9.51. The number of hydrogen-bond acceptors (Lipinski definition) is 6. The van der Waals surface area contributed by atoms with Crippen LogP contribution in [0.3, 0.4) is 0 Å². The van der Waals surface area contributed by atoms with Crippen LogP contribution in [0.15, 0.2) is 42.5 Å². The number of carbonyl (C=O) groups excluding carboxylic acids is 1. The minimum Gasteiger partial charge on any atom is -0.493 e. The molecule has 2 aromatic rings. The number of rotatable bonds is 11. The van der Waals surface area contributed by atoms with Crippen LogP contribution in [0, 0.1) is 10.1 Å². The van der Waals surface area contributed by atoms with E-state index in [2.05, 4.69) is 10.2 Å². The number of benzene rings is 2. The maximum atomic E-state index is 12.5. The van der Waals surface area contributed by atoms with Crippen LogP contribution in [-0.2, 0) is 0 Å². The molecule has 0 aliphatic carbocycles. The molecule has 8 heteroatoms. The van der Waals surface area contributed by atoms with Gasteiger partial charge in [-0.2, -0.15) is 0 Å². The van der Waals surface area contributed by atoms with E-state index in [0.29, 0.717) is 18.9 Å². The minimum absolute atomic E-state index is 0.0411. The zero-order valence-corrected chi connectivity index (χ0v) is 17.0. The van der Waals surface area contributed by atoms with Gasteiger partial charge < -0.3 is 19.7 Å². The number of nitrogens with zero attached hydrogens (tertiary/aromatic N) is 2. The van der Waals surface area contributed by atoms with Gasteiger partial charge in [-0.25, -0.2) is 0 Å². The molecule has 156 valence electrons. The Labute approximate surface area is 170 Å². The number of nitro benzene ring substituents is 1. The van der Waals surface area contributed by atoms with Crippen LogP contribution in [0.5, 0.6) is 11.5 Å². The average Bonchev–Trinajstić information content (AvgIpc) is 2.73. The van der Waals surface area contributed by atoms with E-state index >= 15 is 0 Å². The highest BCUT2D eigenvalue weighted by Crippen LogP contribution is 2.34. The summed E-state index contributed by atoms with van der Waals surface area (Å²) in [6, 6.07) is 12.6. The first kappa shape index (κ1) is 22.0. The summed E-state index contributed by atoms with van der Waals surface area (Å²) in [6.07, 6.45) is 1.63. The van der Waals surface area contributed by atoms with Crippen molar-refractivity contribution in [1.29, 1.82) is 0 Å². The van der Waals surface area contributed by atoms with Gasteiger partial charge in [0.1, 0.15) is 5.56 Å². The maximum Gasteiger partial charge on any atom is 0.286 e. The fourth-order valence-electron chi connectivity index (χ4n) is 2.89. The third-order valence-electron chi connectivity index (χ3n) is 4.43. The molecule has 0 aliphatic heterocycles. The van der Waals surface area contributed by atoms with Crippen molar-refractivity contribution in [3.8, 4) is 11.5 Å². The van der Waals surface area contributed by atoms with E-state index in [4.69, 9.17) is 9.47 Å². The monoisotopic (exact) mass is 401 g/mol. The molecule has 8 nitrogen and oxygen atoms in total. The van der Waals surface area contributed by atoms with Crippen LogP contribution >= 0.6 is 0 Å². The lowest BCUT2D eigenvalue weighted by Gasteiger charge is -2.19. The van der Waals surface area contributed by atoms with E-state index in [-0.39, 0.29) is 17.0 Å². The quantitative estimate of drug-likeness (QED) is 0.351. The van der Waals surface area contributed by atoms with E-state index in [0.717, 1.165) is 25.1 Å². The van der Waals surface area contributed by atoms with Crippen molar-refractivity contribution < 1.29 is 19.2 Å². The summed E-state index contributed by atoms with van der Waals surface area (Å²) in [6.45, 7) is 3.41. The highest BCUT2D eigenvalue weighted by atomic mass is 16.6.